The number of hydrogen-bond acceptors (Lipinski definition) is 3. The molecular formula is C8H4ClNO3. The van der Waals surface area contributed by atoms with Gasteiger partial charge in [0.2, 0.25) is 11.5 Å². The van der Waals surface area contributed by atoms with E-state index in [-0.39, 0.29) is 16.6 Å². The van der Waals surface area contributed by atoms with Crippen molar-refractivity contribution in [3.05, 3.63) is 29.1 Å². The molecule has 2 aromatic heterocycles. The van der Waals surface area contributed by atoms with Crippen LogP contribution in [0.4, 0.5) is 0 Å². The maximum Gasteiger partial charge on any atom is 0.371 e. The summed E-state index contributed by atoms with van der Waals surface area (Å²) >= 11 is 5.59. The molecule has 0 saturated heterocycles. The first kappa shape index (κ1) is 8.07. The number of pyridine rings is 1. The van der Waals surface area contributed by atoms with Crippen LogP contribution in [-0.4, -0.2) is 16.1 Å². The van der Waals surface area contributed by atoms with Crippen molar-refractivity contribution in [1.82, 2.24) is 4.98 Å². The molecule has 0 unspecified atom stereocenters. The average Bonchev–Trinajstić information content (AvgIpc) is 2.46. The maximum absolute atomic E-state index is 10.5. The third-order valence-corrected chi connectivity index (χ3v) is 1.77. The lowest BCUT2D eigenvalue weighted by Gasteiger charge is -1.86. The van der Waals surface area contributed by atoms with Gasteiger partial charge in [-0.25, -0.2) is 9.78 Å². The summed E-state index contributed by atoms with van der Waals surface area (Å²) < 4.78 is 4.92. The highest BCUT2D eigenvalue weighted by molar-refractivity contribution is 6.29. The molecule has 0 spiro atoms. The first-order valence-electron chi connectivity index (χ1n) is 3.46. The van der Waals surface area contributed by atoms with E-state index in [2.05, 4.69) is 4.98 Å². The summed E-state index contributed by atoms with van der Waals surface area (Å²) in [6.07, 6.45) is 0. The van der Waals surface area contributed by atoms with E-state index in [1.165, 1.54) is 6.07 Å². The average molecular weight is 198 g/mol. The van der Waals surface area contributed by atoms with Gasteiger partial charge in [-0.05, 0) is 12.1 Å². The fourth-order valence-corrected chi connectivity index (χ4v) is 1.14. The van der Waals surface area contributed by atoms with Crippen LogP contribution in [0.15, 0.2) is 22.6 Å². The van der Waals surface area contributed by atoms with Gasteiger partial charge < -0.3 is 9.52 Å². The molecule has 0 atom stereocenters. The third-order valence-electron chi connectivity index (χ3n) is 1.56. The van der Waals surface area contributed by atoms with E-state index >= 15 is 0 Å². The summed E-state index contributed by atoms with van der Waals surface area (Å²) in [5, 5.41) is 9.50. The molecule has 4 nitrogen and oxygen atoms in total. The fourth-order valence-electron chi connectivity index (χ4n) is 1.00. The first-order valence-corrected chi connectivity index (χ1v) is 3.84. The lowest BCUT2D eigenvalue weighted by molar-refractivity contribution is 0.0664. The smallest absolute Gasteiger partial charge is 0.371 e. The number of carbonyl (C=O) groups is 1. The molecule has 0 saturated carbocycles. The highest BCUT2D eigenvalue weighted by atomic mass is 35.5. The predicted molar refractivity (Wildman–Crippen MR) is 46.0 cm³/mol. The summed E-state index contributed by atoms with van der Waals surface area (Å²) in [5.74, 6) is -1.25. The Hall–Kier alpha value is -1.55. The van der Waals surface area contributed by atoms with Gasteiger partial charge in [-0.1, -0.05) is 11.6 Å². The zero-order valence-electron chi connectivity index (χ0n) is 6.32. The SMILES string of the molecule is O=C(O)c1cc2ccc(Cl)nc2o1. The van der Waals surface area contributed by atoms with E-state index in [9.17, 15) is 4.79 Å². The van der Waals surface area contributed by atoms with Crippen molar-refractivity contribution in [2.75, 3.05) is 0 Å². The Kier molecular flexibility index (Phi) is 1.70. The highest BCUT2D eigenvalue weighted by Crippen LogP contribution is 2.19. The van der Waals surface area contributed by atoms with Gasteiger partial charge in [-0.2, -0.15) is 0 Å². The Morgan fingerprint density at radius 3 is 3.00 bits per heavy atom. The van der Waals surface area contributed by atoms with Crippen LogP contribution >= 0.6 is 11.6 Å². The fraction of sp³-hybridized carbons (Fsp3) is 0. The molecule has 5 heteroatoms. The molecule has 0 aliphatic rings. The van der Waals surface area contributed by atoms with Gasteiger partial charge in [0.05, 0.1) is 0 Å². The summed E-state index contributed by atoms with van der Waals surface area (Å²) in [7, 11) is 0. The Morgan fingerprint density at radius 2 is 2.31 bits per heavy atom. The Labute approximate surface area is 77.8 Å². The number of halogens is 1. The highest BCUT2D eigenvalue weighted by Gasteiger charge is 2.10. The quantitative estimate of drug-likeness (QED) is 0.712. The van der Waals surface area contributed by atoms with Crippen molar-refractivity contribution in [2.45, 2.75) is 0 Å². The third kappa shape index (κ3) is 1.36. The van der Waals surface area contributed by atoms with Crippen LogP contribution in [0.25, 0.3) is 11.1 Å². The predicted octanol–water partition coefficient (Wildman–Crippen LogP) is 2.18. The van der Waals surface area contributed by atoms with Crippen LogP contribution in [0.2, 0.25) is 5.15 Å². The van der Waals surface area contributed by atoms with Gasteiger partial charge >= 0.3 is 5.97 Å². The minimum Gasteiger partial charge on any atom is -0.475 e. The molecule has 0 amide bonds. The summed E-state index contributed by atoms with van der Waals surface area (Å²) in [4.78, 5) is 14.3. The summed E-state index contributed by atoms with van der Waals surface area (Å²) in [6.45, 7) is 0. The molecule has 13 heavy (non-hydrogen) atoms. The maximum atomic E-state index is 10.5. The second-order valence-electron chi connectivity index (χ2n) is 2.44. The topological polar surface area (TPSA) is 63.3 Å². The Bertz CT molecular complexity index is 477. The number of furan rings is 1. The number of rotatable bonds is 1. The van der Waals surface area contributed by atoms with E-state index in [4.69, 9.17) is 21.1 Å². The van der Waals surface area contributed by atoms with Crippen LogP contribution < -0.4 is 0 Å². The van der Waals surface area contributed by atoms with Crippen molar-refractivity contribution in [3.8, 4) is 0 Å². The van der Waals surface area contributed by atoms with Crippen LogP contribution in [0.3, 0.4) is 0 Å². The van der Waals surface area contributed by atoms with Crippen molar-refractivity contribution in [2.24, 2.45) is 0 Å². The van der Waals surface area contributed by atoms with E-state index in [0.29, 0.717) is 5.39 Å². The van der Waals surface area contributed by atoms with Gasteiger partial charge in [-0.15, -0.1) is 0 Å². The zero-order chi connectivity index (χ0) is 9.42. The molecule has 0 aliphatic heterocycles. The van der Waals surface area contributed by atoms with Crippen molar-refractivity contribution >= 4 is 28.7 Å². The van der Waals surface area contributed by atoms with Gasteiger partial charge in [-0.3, -0.25) is 0 Å². The molecule has 0 radical (unpaired) electrons. The van der Waals surface area contributed by atoms with Gasteiger partial charge in [0, 0.05) is 11.5 Å². The first-order chi connectivity index (χ1) is 6.16. The molecule has 66 valence electrons. The molecule has 0 fully saturated rings. The number of fused-ring (bicyclic) bond motifs is 1. The molecule has 0 aliphatic carbocycles. The minimum absolute atomic E-state index is 0.134. The molecule has 2 aromatic rings. The van der Waals surface area contributed by atoms with Gasteiger partial charge in [0.25, 0.3) is 0 Å². The lowest BCUT2D eigenvalue weighted by atomic mass is 10.3. The number of nitrogens with zero attached hydrogens (tertiary/aromatic N) is 1. The Morgan fingerprint density at radius 1 is 1.54 bits per heavy atom. The van der Waals surface area contributed by atoms with Crippen molar-refractivity contribution in [1.29, 1.82) is 0 Å². The summed E-state index contributed by atoms with van der Waals surface area (Å²) in [6, 6.07) is 4.63. The normalized spacial score (nSPS) is 10.5. The van der Waals surface area contributed by atoms with E-state index in [1.807, 2.05) is 0 Å². The number of aromatic nitrogens is 1. The Balaban J connectivity index is 2.68. The molecule has 2 rings (SSSR count). The second-order valence-corrected chi connectivity index (χ2v) is 2.83. The number of aromatic carboxylic acids is 1. The zero-order valence-corrected chi connectivity index (χ0v) is 7.08. The number of hydrogen-bond donors (Lipinski definition) is 1. The number of carboxylic acid groups (broad SMARTS) is 1. The van der Waals surface area contributed by atoms with Crippen LogP contribution in [-0.2, 0) is 0 Å². The molecule has 0 bridgehead atoms. The largest absolute Gasteiger partial charge is 0.475 e. The number of carboxylic acids is 1. The lowest BCUT2D eigenvalue weighted by Crippen LogP contribution is -1.91. The standard InChI is InChI=1S/C8H4ClNO3/c9-6-2-1-4-3-5(8(11)12)13-7(4)10-6/h1-3H,(H,11,12). The van der Waals surface area contributed by atoms with Crippen molar-refractivity contribution < 1.29 is 14.3 Å². The van der Waals surface area contributed by atoms with E-state index in [0.717, 1.165) is 0 Å². The molecule has 0 aromatic carbocycles. The van der Waals surface area contributed by atoms with Crippen molar-refractivity contribution in [3.63, 3.8) is 0 Å². The monoisotopic (exact) mass is 197 g/mol. The minimum atomic E-state index is -1.12. The summed E-state index contributed by atoms with van der Waals surface area (Å²) in [5.41, 5.74) is 0.241. The van der Waals surface area contributed by atoms with Crippen LogP contribution in [0.5, 0.6) is 0 Å². The van der Waals surface area contributed by atoms with E-state index in [1.54, 1.807) is 12.1 Å². The molecular weight excluding hydrogens is 194 g/mol. The molecule has 2 heterocycles. The van der Waals surface area contributed by atoms with Crippen LogP contribution in [0, 0.1) is 0 Å². The van der Waals surface area contributed by atoms with Crippen LogP contribution in [0.1, 0.15) is 10.6 Å². The van der Waals surface area contributed by atoms with E-state index < -0.39 is 5.97 Å². The van der Waals surface area contributed by atoms with Gasteiger partial charge in [0.15, 0.2) is 0 Å². The molecule has 1 N–H and O–H groups in total. The second kappa shape index (κ2) is 2.74. The van der Waals surface area contributed by atoms with Gasteiger partial charge in [0.1, 0.15) is 5.15 Å².